The van der Waals surface area contributed by atoms with Crippen LogP contribution in [0.2, 0.25) is 0 Å². The number of allylic oxidation sites excluding steroid dienone is 1. The molecule has 2 aromatic heterocycles. The first-order valence-electron chi connectivity index (χ1n) is 9.84. The molecule has 0 aliphatic heterocycles. The summed E-state index contributed by atoms with van der Waals surface area (Å²) in [6.07, 6.45) is 1.53. The predicted octanol–water partition coefficient (Wildman–Crippen LogP) is 5.68. The molecule has 0 atom stereocenters. The number of nitrogens with one attached hydrogen (secondary N) is 1. The lowest BCUT2D eigenvalue weighted by Crippen LogP contribution is -2.03. The molecule has 0 fully saturated rings. The average molecular weight is 540 g/mol. The Labute approximate surface area is 207 Å². The molecule has 8 nitrogen and oxygen atoms in total. The lowest BCUT2D eigenvalue weighted by molar-refractivity contribution is 0.324. The van der Waals surface area contributed by atoms with Crippen LogP contribution in [0, 0.1) is 11.3 Å². The van der Waals surface area contributed by atoms with Crippen molar-refractivity contribution in [1.82, 2.24) is 4.98 Å². The van der Waals surface area contributed by atoms with Crippen molar-refractivity contribution in [3.8, 4) is 34.6 Å². The molecule has 1 N–H and O–H groups in total. The zero-order valence-corrected chi connectivity index (χ0v) is 20.7. The monoisotopic (exact) mass is 539 g/mol. The van der Waals surface area contributed by atoms with Crippen LogP contribution in [0.4, 0.5) is 5.69 Å². The molecule has 0 saturated carbocycles. The lowest BCUT2D eigenvalue weighted by atomic mass is 10.1. The topological polar surface area (TPSA) is 107 Å². The van der Waals surface area contributed by atoms with Crippen LogP contribution in [0.25, 0.3) is 27.8 Å². The van der Waals surface area contributed by atoms with Crippen LogP contribution in [-0.2, 0) is 0 Å². The Bertz CT molecular complexity index is 1480. The van der Waals surface area contributed by atoms with Gasteiger partial charge in [-0.1, -0.05) is 15.9 Å². The molecule has 4 rings (SSSR count). The van der Waals surface area contributed by atoms with Gasteiger partial charge in [0.25, 0.3) is 0 Å². The molecule has 172 valence electrons. The van der Waals surface area contributed by atoms with E-state index in [0.717, 1.165) is 9.86 Å². The highest BCUT2D eigenvalue weighted by molar-refractivity contribution is 9.10. The molecule has 4 aromatic rings. The number of thiazole rings is 1. The number of nitrogens with zero attached hydrogens (tertiary/aromatic N) is 2. The van der Waals surface area contributed by atoms with Crippen LogP contribution in [0.5, 0.6) is 17.2 Å². The minimum absolute atomic E-state index is 0.290. The second-order valence-corrected chi connectivity index (χ2v) is 8.67. The van der Waals surface area contributed by atoms with Gasteiger partial charge in [-0.25, -0.2) is 9.78 Å². The van der Waals surface area contributed by atoms with Crippen LogP contribution < -0.4 is 25.2 Å². The fraction of sp³-hybridized carbons (Fsp3) is 0.125. The van der Waals surface area contributed by atoms with Crippen molar-refractivity contribution < 1.29 is 18.6 Å². The van der Waals surface area contributed by atoms with E-state index >= 15 is 0 Å². The highest BCUT2D eigenvalue weighted by atomic mass is 79.9. The number of hydrogen-bond acceptors (Lipinski definition) is 9. The van der Waals surface area contributed by atoms with Gasteiger partial charge < -0.3 is 23.9 Å². The van der Waals surface area contributed by atoms with E-state index in [9.17, 15) is 10.1 Å². The van der Waals surface area contributed by atoms with Gasteiger partial charge in [-0.3, -0.25) is 0 Å². The molecule has 0 bridgehead atoms. The molecule has 0 aliphatic rings. The van der Waals surface area contributed by atoms with Gasteiger partial charge in [0.1, 0.15) is 22.2 Å². The highest BCUT2D eigenvalue weighted by Gasteiger charge is 2.15. The number of hydrogen-bond donors (Lipinski definition) is 1. The van der Waals surface area contributed by atoms with Crippen molar-refractivity contribution in [3.63, 3.8) is 0 Å². The first-order valence-corrected chi connectivity index (χ1v) is 11.5. The van der Waals surface area contributed by atoms with Crippen molar-refractivity contribution in [1.29, 1.82) is 5.26 Å². The second-order valence-electron chi connectivity index (χ2n) is 6.90. The van der Waals surface area contributed by atoms with Crippen molar-refractivity contribution in [2.45, 2.75) is 0 Å². The van der Waals surface area contributed by atoms with Gasteiger partial charge in [0.2, 0.25) is 5.75 Å². The Balaban J connectivity index is 1.65. The van der Waals surface area contributed by atoms with Crippen LogP contribution in [0.15, 0.2) is 61.7 Å². The third-order valence-electron chi connectivity index (χ3n) is 4.87. The number of rotatable bonds is 7. The van der Waals surface area contributed by atoms with Gasteiger partial charge in [-0.05, 0) is 24.3 Å². The van der Waals surface area contributed by atoms with Crippen molar-refractivity contribution >= 4 is 49.5 Å². The summed E-state index contributed by atoms with van der Waals surface area (Å²) in [5.41, 5.74) is 1.66. The maximum absolute atomic E-state index is 12.5. The maximum Gasteiger partial charge on any atom is 0.345 e. The number of anilines is 1. The quantitative estimate of drug-likeness (QED) is 0.236. The summed E-state index contributed by atoms with van der Waals surface area (Å²) in [7, 11) is 4.57. The van der Waals surface area contributed by atoms with E-state index in [0.29, 0.717) is 44.8 Å². The summed E-state index contributed by atoms with van der Waals surface area (Å²) in [6.45, 7) is 0. The number of methoxy groups -OCH3 is 3. The summed E-state index contributed by atoms with van der Waals surface area (Å²) in [5, 5.41) is 15.7. The van der Waals surface area contributed by atoms with Crippen molar-refractivity contribution in [2.75, 3.05) is 26.6 Å². The summed E-state index contributed by atoms with van der Waals surface area (Å²) < 4.78 is 22.3. The van der Waals surface area contributed by atoms with Crippen LogP contribution in [-0.4, -0.2) is 26.3 Å². The standard InChI is InChI=1S/C24H18BrN3O5S/c1-30-20-8-16(9-21(31-2)22(20)32-3)27-11-14(10-26)23-28-18(12-34-23)17-7-13-6-15(25)4-5-19(13)33-24(17)29/h4-9,11-12,27H,1-3H3. The van der Waals surface area contributed by atoms with E-state index in [2.05, 4.69) is 32.3 Å². The lowest BCUT2D eigenvalue weighted by Gasteiger charge is -2.14. The number of fused-ring (bicyclic) bond motifs is 1. The minimum Gasteiger partial charge on any atom is -0.493 e. The number of ether oxygens (including phenoxy) is 3. The largest absolute Gasteiger partial charge is 0.493 e. The van der Waals surface area contributed by atoms with Crippen molar-refractivity contribution in [2.24, 2.45) is 0 Å². The number of benzene rings is 2. The maximum atomic E-state index is 12.5. The Morgan fingerprint density at radius 1 is 1.15 bits per heavy atom. The third-order valence-corrected chi connectivity index (χ3v) is 6.24. The first kappa shape index (κ1) is 23.4. The van der Waals surface area contributed by atoms with Gasteiger partial charge in [0, 0.05) is 39.3 Å². The molecule has 10 heteroatoms. The Kier molecular flexibility index (Phi) is 6.86. The van der Waals surface area contributed by atoms with Gasteiger partial charge in [0.05, 0.1) is 32.6 Å². The first-order chi connectivity index (χ1) is 16.5. The number of aromatic nitrogens is 1. The molecule has 0 saturated heterocycles. The number of halogens is 1. The van der Waals surface area contributed by atoms with Crippen LogP contribution >= 0.6 is 27.3 Å². The second kappa shape index (κ2) is 9.99. The van der Waals surface area contributed by atoms with Crippen LogP contribution in [0.3, 0.4) is 0 Å². The van der Waals surface area contributed by atoms with Gasteiger partial charge >= 0.3 is 5.63 Å². The smallest absolute Gasteiger partial charge is 0.345 e. The van der Waals surface area contributed by atoms with E-state index in [4.69, 9.17) is 18.6 Å². The van der Waals surface area contributed by atoms with E-state index in [1.165, 1.54) is 38.9 Å². The Hall–Kier alpha value is -3.81. The highest BCUT2D eigenvalue weighted by Crippen LogP contribution is 2.40. The molecule has 0 amide bonds. The van der Waals surface area contributed by atoms with Crippen molar-refractivity contribution in [3.05, 3.63) is 67.9 Å². The molecular formula is C24H18BrN3O5S. The number of nitriles is 1. The van der Waals surface area contributed by atoms with Gasteiger partial charge in [-0.15, -0.1) is 11.3 Å². The molecule has 0 spiro atoms. The van der Waals surface area contributed by atoms with E-state index in [-0.39, 0.29) is 5.57 Å². The predicted molar refractivity (Wildman–Crippen MR) is 135 cm³/mol. The van der Waals surface area contributed by atoms with Gasteiger partial charge in [-0.2, -0.15) is 5.26 Å². The fourth-order valence-electron chi connectivity index (χ4n) is 3.26. The van der Waals surface area contributed by atoms with Gasteiger partial charge in [0.15, 0.2) is 11.5 Å². The SMILES string of the molecule is COc1cc(NC=C(C#N)c2nc(-c3cc4cc(Br)ccc4oc3=O)cs2)cc(OC)c1OC. The molecule has 0 aliphatic carbocycles. The Morgan fingerprint density at radius 2 is 1.88 bits per heavy atom. The normalized spacial score (nSPS) is 11.2. The van der Waals surface area contributed by atoms with E-state index in [1.54, 1.807) is 35.7 Å². The Morgan fingerprint density at radius 3 is 2.53 bits per heavy atom. The zero-order chi connectivity index (χ0) is 24.2. The summed E-state index contributed by atoms with van der Waals surface area (Å²) in [6, 6.07) is 12.7. The molecule has 34 heavy (non-hydrogen) atoms. The fourth-order valence-corrected chi connectivity index (χ4v) is 4.42. The summed E-state index contributed by atoms with van der Waals surface area (Å²) >= 11 is 4.67. The van der Waals surface area contributed by atoms with Crippen LogP contribution in [0.1, 0.15) is 5.01 Å². The van der Waals surface area contributed by atoms with E-state index < -0.39 is 5.63 Å². The summed E-state index contributed by atoms with van der Waals surface area (Å²) in [4.78, 5) is 17.0. The minimum atomic E-state index is -0.496. The molecule has 0 unspecified atom stereocenters. The molecule has 0 radical (unpaired) electrons. The van der Waals surface area contributed by atoms with E-state index in [1.807, 2.05) is 6.07 Å². The molecule has 2 heterocycles. The molecular weight excluding hydrogens is 522 g/mol. The molecule has 2 aromatic carbocycles. The zero-order valence-electron chi connectivity index (χ0n) is 18.3. The average Bonchev–Trinajstić information content (AvgIpc) is 3.33. The summed E-state index contributed by atoms with van der Waals surface area (Å²) in [5.74, 6) is 1.41. The third kappa shape index (κ3) is 4.62.